The van der Waals surface area contributed by atoms with Gasteiger partial charge in [0.15, 0.2) is 0 Å². The molecule has 0 heterocycles. The van der Waals surface area contributed by atoms with E-state index < -0.39 is 4.92 Å². The maximum absolute atomic E-state index is 10.6. The number of benzene rings is 1. The van der Waals surface area contributed by atoms with Crippen LogP contribution in [-0.4, -0.2) is 4.92 Å². The number of hydrogen-bond acceptors (Lipinski definition) is 4. The van der Waals surface area contributed by atoms with Crippen molar-refractivity contribution in [3.63, 3.8) is 0 Å². The lowest BCUT2D eigenvalue weighted by Crippen LogP contribution is -2.11. The third-order valence-corrected chi connectivity index (χ3v) is 3.07. The van der Waals surface area contributed by atoms with Crippen molar-refractivity contribution in [1.82, 2.24) is 0 Å². The highest BCUT2D eigenvalue weighted by atomic mass is 16.6. The molecule has 102 valence electrons. The molecule has 4 N–H and O–H groups in total. The van der Waals surface area contributed by atoms with E-state index in [0.717, 1.165) is 17.6 Å². The highest BCUT2D eigenvalue weighted by Gasteiger charge is 2.10. The monoisotopic (exact) mass is 269 g/mol. The lowest BCUT2D eigenvalue weighted by Gasteiger charge is -2.12. The van der Waals surface area contributed by atoms with Crippen LogP contribution in [0.15, 0.2) is 65.9 Å². The Morgan fingerprint density at radius 2 is 1.80 bits per heavy atom. The third-order valence-electron chi connectivity index (χ3n) is 3.07. The normalized spacial score (nSPS) is 15.6. The molecule has 1 aromatic carbocycles. The molecule has 0 bridgehead atoms. The number of allylic oxidation sites excluding steroid dienone is 4. The summed E-state index contributed by atoms with van der Waals surface area (Å²) >= 11 is 0. The van der Waals surface area contributed by atoms with Gasteiger partial charge in [-0.05, 0) is 24.1 Å². The molecular formula is C15H15N3O2. The molecule has 5 nitrogen and oxygen atoms in total. The van der Waals surface area contributed by atoms with Gasteiger partial charge in [0, 0.05) is 17.7 Å². The average Bonchev–Trinajstić information content (AvgIpc) is 2.46. The molecule has 2 rings (SSSR count). The molecule has 5 heteroatoms. The lowest BCUT2D eigenvalue weighted by atomic mass is 9.99. The first-order valence-electron chi connectivity index (χ1n) is 6.05. The van der Waals surface area contributed by atoms with Crippen LogP contribution in [0.1, 0.15) is 12.0 Å². The van der Waals surface area contributed by atoms with Gasteiger partial charge in [-0.1, -0.05) is 30.4 Å². The molecule has 0 saturated carbocycles. The molecule has 0 radical (unpaired) electrons. The van der Waals surface area contributed by atoms with E-state index in [0.29, 0.717) is 17.0 Å². The number of nitro benzene ring substituents is 1. The summed E-state index contributed by atoms with van der Waals surface area (Å²) in [6.45, 7) is 3.85. The molecule has 1 aliphatic rings. The van der Waals surface area contributed by atoms with Gasteiger partial charge < -0.3 is 11.5 Å². The van der Waals surface area contributed by atoms with Crippen LogP contribution in [0.3, 0.4) is 0 Å². The quantitative estimate of drug-likeness (QED) is 0.651. The summed E-state index contributed by atoms with van der Waals surface area (Å²) in [4.78, 5) is 10.2. The third kappa shape index (κ3) is 2.77. The van der Waals surface area contributed by atoms with E-state index in [1.165, 1.54) is 12.1 Å². The van der Waals surface area contributed by atoms with Gasteiger partial charge in [-0.3, -0.25) is 10.1 Å². The predicted octanol–water partition coefficient (Wildman–Crippen LogP) is 2.62. The summed E-state index contributed by atoms with van der Waals surface area (Å²) in [5.74, 6) is 0. The van der Waals surface area contributed by atoms with Crippen LogP contribution < -0.4 is 11.5 Å². The fourth-order valence-electron chi connectivity index (χ4n) is 1.86. The van der Waals surface area contributed by atoms with E-state index in [1.807, 2.05) is 18.2 Å². The minimum atomic E-state index is -0.453. The fraction of sp³-hybridized carbons (Fsp3) is 0.0667. The topological polar surface area (TPSA) is 95.2 Å². The number of rotatable bonds is 3. The highest BCUT2D eigenvalue weighted by Crippen LogP contribution is 2.23. The van der Waals surface area contributed by atoms with E-state index in [2.05, 4.69) is 6.58 Å². The van der Waals surface area contributed by atoms with Crippen LogP contribution in [0.25, 0.3) is 5.70 Å². The number of hydrogen-bond donors (Lipinski definition) is 2. The van der Waals surface area contributed by atoms with Crippen molar-refractivity contribution < 1.29 is 4.92 Å². The Labute approximate surface area is 116 Å². The van der Waals surface area contributed by atoms with Crippen LogP contribution in [0, 0.1) is 10.1 Å². The first kappa shape index (κ1) is 13.6. The van der Waals surface area contributed by atoms with Crippen LogP contribution in [0.5, 0.6) is 0 Å². The second-order valence-corrected chi connectivity index (χ2v) is 4.49. The van der Waals surface area contributed by atoms with Gasteiger partial charge in [-0.2, -0.15) is 0 Å². The number of nitrogens with zero attached hydrogens (tertiary/aromatic N) is 1. The first-order chi connectivity index (χ1) is 9.49. The van der Waals surface area contributed by atoms with Crippen molar-refractivity contribution in [2.45, 2.75) is 6.42 Å². The van der Waals surface area contributed by atoms with E-state index in [-0.39, 0.29) is 5.69 Å². The zero-order chi connectivity index (χ0) is 14.7. The minimum absolute atomic E-state index is 0.0215. The summed E-state index contributed by atoms with van der Waals surface area (Å²) in [5.41, 5.74) is 15.5. The van der Waals surface area contributed by atoms with Gasteiger partial charge in [0.25, 0.3) is 5.69 Å². The Bertz CT molecular complexity index is 652. The molecular weight excluding hydrogens is 254 g/mol. The van der Waals surface area contributed by atoms with Crippen molar-refractivity contribution in [2.75, 3.05) is 0 Å². The highest BCUT2D eigenvalue weighted by molar-refractivity contribution is 5.71. The smallest absolute Gasteiger partial charge is 0.269 e. The minimum Gasteiger partial charge on any atom is -0.397 e. The molecule has 1 aromatic rings. The van der Waals surface area contributed by atoms with E-state index >= 15 is 0 Å². The molecule has 0 unspecified atom stereocenters. The summed E-state index contributed by atoms with van der Waals surface area (Å²) in [6, 6.07) is 5.99. The molecule has 0 atom stereocenters. The molecule has 0 fully saturated rings. The Balaban J connectivity index is 2.31. The zero-order valence-electron chi connectivity index (χ0n) is 10.9. The second kappa shape index (κ2) is 5.44. The van der Waals surface area contributed by atoms with Crippen molar-refractivity contribution in [1.29, 1.82) is 0 Å². The summed E-state index contributed by atoms with van der Waals surface area (Å²) in [5, 5.41) is 10.6. The summed E-state index contributed by atoms with van der Waals surface area (Å²) in [6.07, 6.45) is 6.45. The zero-order valence-corrected chi connectivity index (χ0v) is 10.9. The molecule has 1 aliphatic carbocycles. The summed E-state index contributed by atoms with van der Waals surface area (Å²) in [7, 11) is 0. The van der Waals surface area contributed by atoms with Gasteiger partial charge in [0.05, 0.1) is 16.3 Å². The second-order valence-electron chi connectivity index (χ2n) is 4.49. The molecule has 20 heavy (non-hydrogen) atoms. The molecule has 0 spiro atoms. The van der Waals surface area contributed by atoms with Gasteiger partial charge >= 0.3 is 0 Å². The van der Waals surface area contributed by atoms with E-state index in [4.69, 9.17) is 11.5 Å². The molecule has 0 saturated heterocycles. The van der Waals surface area contributed by atoms with Crippen LogP contribution in [0.2, 0.25) is 0 Å². The number of non-ortho nitro benzene ring substituents is 1. The van der Waals surface area contributed by atoms with Gasteiger partial charge in [-0.15, -0.1) is 0 Å². The Kier molecular flexibility index (Phi) is 3.70. The molecule has 0 aliphatic heterocycles. The van der Waals surface area contributed by atoms with Crippen molar-refractivity contribution >= 4 is 11.4 Å². The van der Waals surface area contributed by atoms with Crippen molar-refractivity contribution in [3.05, 3.63) is 81.6 Å². The Morgan fingerprint density at radius 1 is 1.15 bits per heavy atom. The number of nitrogens with two attached hydrogens (primary N) is 2. The Morgan fingerprint density at radius 3 is 2.30 bits per heavy atom. The maximum Gasteiger partial charge on any atom is 0.269 e. The Hall–Kier alpha value is -2.82. The van der Waals surface area contributed by atoms with Crippen molar-refractivity contribution in [2.24, 2.45) is 11.5 Å². The van der Waals surface area contributed by atoms with E-state index in [1.54, 1.807) is 12.1 Å². The van der Waals surface area contributed by atoms with Crippen LogP contribution >= 0.6 is 0 Å². The standard InChI is InChI=1S/C15H15N3O2/c1-10-2-4-11(5-3-10)14(16)15(17)12-6-8-13(9-7-12)18(19)20/h2,4-9H,1,3,16-17H2. The molecule has 0 amide bonds. The van der Waals surface area contributed by atoms with E-state index in [9.17, 15) is 10.1 Å². The fourth-order valence-corrected chi connectivity index (χ4v) is 1.86. The predicted molar refractivity (Wildman–Crippen MR) is 79.4 cm³/mol. The average molecular weight is 269 g/mol. The van der Waals surface area contributed by atoms with Gasteiger partial charge in [-0.25, -0.2) is 0 Å². The van der Waals surface area contributed by atoms with Gasteiger partial charge in [0.2, 0.25) is 0 Å². The van der Waals surface area contributed by atoms with Crippen LogP contribution in [-0.2, 0) is 0 Å². The lowest BCUT2D eigenvalue weighted by molar-refractivity contribution is -0.384. The van der Waals surface area contributed by atoms with Crippen molar-refractivity contribution in [3.8, 4) is 0 Å². The van der Waals surface area contributed by atoms with Gasteiger partial charge in [0.1, 0.15) is 0 Å². The SMILES string of the molecule is C=C1C=CC(C(N)=C(N)c2ccc([N+](=O)[O-])cc2)=CC1. The molecule has 0 aromatic heterocycles. The summed E-state index contributed by atoms with van der Waals surface area (Å²) < 4.78 is 0. The maximum atomic E-state index is 10.6. The largest absolute Gasteiger partial charge is 0.397 e. The number of nitro groups is 1. The van der Waals surface area contributed by atoms with Crippen LogP contribution in [0.4, 0.5) is 5.69 Å². The first-order valence-corrected chi connectivity index (χ1v) is 6.05.